The molecule has 3 heteroatoms. The number of hydrogen-bond acceptors (Lipinski definition) is 3. The van der Waals surface area contributed by atoms with E-state index in [0.717, 1.165) is 25.1 Å². The predicted molar refractivity (Wildman–Crippen MR) is 80.3 cm³/mol. The zero-order valence-electron chi connectivity index (χ0n) is 11.5. The second kappa shape index (κ2) is 6.18. The molecule has 0 saturated heterocycles. The van der Waals surface area contributed by atoms with Crippen molar-refractivity contribution in [2.75, 3.05) is 26.3 Å². The molecule has 0 bridgehead atoms. The number of fused-ring (bicyclic) bond motifs is 1. The third-order valence-electron chi connectivity index (χ3n) is 3.73. The highest BCUT2D eigenvalue weighted by molar-refractivity contribution is 5.85. The molecule has 0 atom stereocenters. The van der Waals surface area contributed by atoms with E-state index >= 15 is 0 Å². The number of aliphatic hydroxyl groups excluding tert-OH is 1. The lowest BCUT2D eigenvalue weighted by molar-refractivity contribution is -0.150. The van der Waals surface area contributed by atoms with Gasteiger partial charge in [-0.1, -0.05) is 48.5 Å². The SMILES string of the molecule is OCC1=CCN(CCc2cccc3ccccc23)OC1. The highest BCUT2D eigenvalue weighted by Crippen LogP contribution is 2.19. The van der Waals surface area contributed by atoms with Crippen LogP contribution >= 0.6 is 0 Å². The molecule has 2 aromatic rings. The predicted octanol–water partition coefficient (Wildman–Crippen LogP) is 2.55. The first-order valence-electron chi connectivity index (χ1n) is 7.00. The smallest absolute Gasteiger partial charge is 0.0918 e. The van der Waals surface area contributed by atoms with Gasteiger partial charge in [0.05, 0.1) is 13.2 Å². The minimum Gasteiger partial charge on any atom is -0.392 e. The van der Waals surface area contributed by atoms with Crippen LogP contribution in [0.15, 0.2) is 54.1 Å². The van der Waals surface area contributed by atoms with Gasteiger partial charge < -0.3 is 5.11 Å². The van der Waals surface area contributed by atoms with Crippen molar-refractivity contribution < 1.29 is 9.94 Å². The lowest BCUT2D eigenvalue weighted by atomic mass is 10.0. The maximum absolute atomic E-state index is 9.04. The molecule has 0 amide bonds. The van der Waals surface area contributed by atoms with Gasteiger partial charge in [0, 0.05) is 13.1 Å². The Bertz CT molecular complexity index is 616. The molecular weight excluding hydrogens is 250 g/mol. The maximum Gasteiger partial charge on any atom is 0.0918 e. The summed E-state index contributed by atoms with van der Waals surface area (Å²) in [6.07, 6.45) is 3.01. The summed E-state index contributed by atoms with van der Waals surface area (Å²) >= 11 is 0. The Kier molecular flexibility index (Phi) is 4.11. The lowest BCUT2D eigenvalue weighted by Gasteiger charge is -2.25. The van der Waals surface area contributed by atoms with Gasteiger partial charge in [-0.3, -0.25) is 4.84 Å². The molecular formula is C17H19NO2. The molecule has 2 aromatic carbocycles. The van der Waals surface area contributed by atoms with Gasteiger partial charge in [0.15, 0.2) is 0 Å². The average molecular weight is 269 g/mol. The normalized spacial score (nSPS) is 16.4. The van der Waals surface area contributed by atoms with Gasteiger partial charge in [0.1, 0.15) is 0 Å². The molecule has 0 saturated carbocycles. The van der Waals surface area contributed by atoms with E-state index in [0.29, 0.717) is 6.61 Å². The van der Waals surface area contributed by atoms with Crippen molar-refractivity contribution in [3.8, 4) is 0 Å². The summed E-state index contributed by atoms with van der Waals surface area (Å²) in [5.41, 5.74) is 2.31. The number of hydroxylamine groups is 2. The first-order chi connectivity index (χ1) is 9.86. The molecule has 1 heterocycles. The highest BCUT2D eigenvalue weighted by Gasteiger charge is 2.12. The number of hydrogen-bond donors (Lipinski definition) is 1. The summed E-state index contributed by atoms with van der Waals surface area (Å²) in [5, 5.41) is 13.6. The highest BCUT2D eigenvalue weighted by atomic mass is 16.7. The summed E-state index contributed by atoms with van der Waals surface area (Å²) in [5.74, 6) is 0. The van der Waals surface area contributed by atoms with E-state index in [2.05, 4.69) is 42.5 Å². The van der Waals surface area contributed by atoms with Crippen molar-refractivity contribution in [1.82, 2.24) is 5.06 Å². The van der Waals surface area contributed by atoms with Gasteiger partial charge in [-0.05, 0) is 28.3 Å². The Hall–Kier alpha value is -1.68. The fourth-order valence-electron chi connectivity index (χ4n) is 2.54. The van der Waals surface area contributed by atoms with Gasteiger partial charge in [0.25, 0.3) is 0 Å². The van der Waals surface area contributed by atoms with E-state index in [1.165, 1.54) is 16.3 Å². The van der Waals surface area contributed by atoms with Crippen LogP contribution in [0.25, 0.3) is 10.8 Å². The average Bonchev–Trinajstić information content (AvgIpc) is 2.53. The molecule has 0 fully saturated rings. The minimum atomic E-state index is 0.0944. The molecule has 20 heavy (non-hydrogen) atoms. The summed E-state index contributed by atoms with van der Waals surface area (Å²) in [6.45, 7) is 2.22. The number of rotatable bonds is 4. The van der Waals surface area contributed by atoms with E-state index in [1.54, 1.807) is 0 Å². The van der Waals surface area contributed by atoms with Crippen LogP contribution in [-0.4, -0.2) is 36.5 Å². The fraction of sp³-hybridized carbons (Fsp3) is 0.294. The minimum absolute atomic E-state index is 0.0944. The van der Waals surface area contributed by atoms with Crippen LogP contribution in [0.1, 0.15) is 5.56 Å². The Labute approximate surface area is 119 Å². The van der Waals surface area contributed by atoms with E-state index < -0.39 is 0 Å². The monoisotopic (exact) mass is 269 g/mol. The summed E-state index contributed by atoms with van der Waals surface area (Å²) in [7, 11) is 0. The van der Waals surface area contributed by atoms with E-state index in [-0.39, 0.29) is 6.61 Å². The summed E-state index contributed by atoms with van der Waals surface area (Å²) in [6, 6.07) is 14.9. The standard InChI is InChI=1S/C17H19NO2/c19-12-14-8-10-18(20-13-14)11-9-16-6-3-5-15-4-1-2-7-17(15)16/h1-8,19H,9-13H2. The molecule has 1 aliphatic rings. The van der Waals surface area contributed by atoms with Crippen LogP contribution in [-0.2, 0) is 11.3 Å². The topological polar surface area (TPSA) is 32.7 Å². The number of benzene rings is 2. The van der Waals surface area contributed by atoms with Crippen LogP contribution in [0.5, 0.6) is 0 Å². The van der Waals surface area contributed by atoms with Gasteiger partial charge >= 0.3 is 0 Å². The molecule has 0 radical (unpaired) electrons. The Morgan fingerprint density at radius 1 is 1.10 bits per heavy atom. The second-order valence-electron chi connectivity index (χ2n) is 5.07. The summed E-state index contributed by atoms with van der Waals surface area (Å²) < 4.78 is 0. The third kappa shape index (κ3) is 2.90. The number of aliphatic hydroxyl groups is 1. The molecule has 0 spiro atoms. The van der Waals surface area contributed by atoms with Crippen molar-refractivity contribution in [1.29, 1.82) is 0 Å². The zero-order valence-corrected chi connectivity index (χ0v) is 11.5. The molecule has 1 aliphatic heterocycles. The molecule has 104 valence electrons. The number of nitrogens with zero attached hydrogens (tertiary/aromatic N) is 1. The quantitative estimate of drug-likeness (QED) is 0.866. The second-order valence-corrected chi connectivity index (χ2v) is 5.07. The summed E-state index contributed by atoms with van der Waals surface area (Å²) in [4.78, 5) is 5.62. The van der Waals surface area contributed by atoms with Gasteiger partial charge in [-0.25, -0.2) is 0 Å². The van der Waals surface area contributed by atoms with Crippen molar-refractivity contribution >= 4 is 10.8 Å². The van der Waals surface area contributed by atoms with Gasteiger partial charge in [-0.15, -0.1) is 0 Å². The molecule has 0 unspecified atom stereocenters. The van der Waals surface area contributed by atoms with Gasteiger partial charge in [0.2, 0.25) is 0 Å². The van der Waals surface area contributed by atoms with Crippen LogP contribution in [0.3, 0.4) is 0 Å². The first kappa shape index (κ1) is 13.3. The van der Waals surface area contributed by atoms with Crippen LogP contribution in [0.4, 0.5) is 0 Å². The lowest BCUT2D eigenvalue weighted by Crippen LogP contribution is -2.31. The van der Waals surface area contributed by atoms with Crippen LogP contribution in [0, 0.1) is 0 Å². The zero-order chi connectivity index (χ0) is 13.8. The van der Waals surface area contributed by atoms with Crippen LogP contribution < -0.4 is 0 Å². The maximum atomic E-state index is 9.04. The third-order valence-corrected chi connectivity index (χ3v) is 3.73. The van der Waals surface area contributed by atoms with Gasteiger partial charge in [-0.2, -0.15) is 5.06 Å². The van der Waals surface area contributed by atoms with Crippen molar-refractivity contribution in [2.45, 2.75) is 6.42 Å². The Morgan fingerprint density at radius 2 is 1.95 bits per heavy atom. The van der Waals surface area contributed by atoms with E-state index in [4.69, 9.17) is 9.94 Å². The van der Waals surface area contributed by atoms with Crippen molar-refractivity contribution in [2.24, 2.45) is 0 Å². The van der Waals surface area contributed by atoms with Crippen molar-refractivity contribution in [3.05, 3.63) is 59.7 Å². The molecule has 3 nitrogen and oxygen atoms in total. The van der Waals surface area contributed by atoms with E-state index in [9.17, 15) is 0 Å². The largest absolute Gasteiger partial charge is 0.392 e. The molecule has 1 N–H and O–H groups in total. The van der Waals surface area contributed by atoms with Crippen molar-refractivity contribution in [3.63, 3.8) is 0 Å². The first-order valence-corrected chi connectivity index (χ1v) is 7.00. The van der Waals surface area contributed by atoms with Crippen LogP contribution in [0.2, 0.25) is 0 Å². The molecule has 3 rings (SSSR count). The molecule has 0 aliphatic carbocycles. The molecule has 0 aromatic heterocycles. The fourth-order valence-corrected chi connectivity index (χ4v) is 2.54. The Morgan fingerprint density at radius 3 is 2.75 bits per heavy atom. The van der Waals surface area contributed by atoms with E-state index in [1.807, 2.05) is 11.1 Å². The Balaban J connectivity index is 1.67.